The van der Waals surface area contributed by atoms with Crippen molar-refractivity contribution in [2.75, 3.05) is 26.2 Å². The topological polar surface area (TPSA) is 78.5 Å². The smallest absolute Gasteiger partial charge is 0.246 e. The van der Waals surface area contributed by atoms with E-state index in [0.717, 1.165) is 6.54 Å². The van der Waals surface area contributed by atoms with Gasteiger partial charge < -0.3 is 10.2 Å². The van der Waals surface area contributed by atoms with Crippen molar-refractivity contribution < 1.29 is 14.4 Å². The van der Waals surface area contributed by atoms with Gasteiger partial charge in [0.25, 0.3) is 0 Å². The zero-order chi connectivity index (χ0) is 11.3. The van der Waals surface area contributed by atoms with Gasteiger partial charge in [0.05, 0.1) is 0 Å². The number of nitrogens with zero attached hydrogens (tertiary/aromatic N) is 1. The number of carbonyl (C=O) groups is 3. The minimum Gasteiger partial charge on any atom is -0.324 e. The molecule has 6 nitrogen and oxygen atoms in total. The van der Waals surface area contributed by atoms with Gasteiger partial charge in [-0.3, -0.25) is 19.7 Å². The maximum absolute atomic E-state index is 11.5. The standard InChI is InChI=1S/C9H15N3O3/c1-2-10-4-3-9(15)12-5-7(13)11-8(14)6-12/h10H,2-6H2,1H3,(H,11,13,14). The van der Waals surface area contributed by atoms with Gasteiger partial charge in [-0.05, 0) is 6.54 Å². The molecule has 15 heavy (non-hydrogen) atoms. The minimum absolute atomic E-state index is 0.0172. The fraction of sp³-hybridized carbons (Fsp3) is 0.667. The van der Waals surface area contributed by atoms with Crippen LogP contribution in [0.4, 0.5) is 0 Å². The molecule has 0 aliphatic carbocycles. The van der Waals surface area contributed by atoms with Gasteiger partial charge >= 0.3 is 0 Å². The van der Waals surface area contributed by atoms with Crippen LogP contribution in [-0.2, 0) is 14.4 Å². The summed E-state index contributed by atoms with van der Waals surface area (Å²) >= 11 is 0. The van der Waals surface area contributed by atoms with Gasteiger partial charge in [0.1, 0.15) is 13.1 Å². The Hall–Kier alpha value is -1.43. The molecule has 1 rings (SSSR count). The lowest BCUT2D eigenvalue weighted by Gasteiger charge is -2.25. The molecule has 84 valence electrons. The van der Waals surface area contributed by atoms with E-state index in [0.29, 0.717) is 13.0 Å². The van der Waals surface area contributed by atoms with Gasteiger partial charge in [-0.15, -0.1) is 0 Å². The summed E-state index contributed by atoms with van der Waals surface area (Å²) in [4.78, 5) is 34.7. The van der Waals surface area contributed by atoms with Crippen LogP contribution in [0.3, 0.4) is 0 Å². The van der Waals surface area contributed by atoms with Crippen molar-refractivity contribution in [1.82, 2.24) is 15.5 Å². The molecule has 0 aromatic carbocycles. The molecule has 6 heteroatoms. The first kappa shape index (κ1) is 11.6. The molecule has 1 heterocycles. The second-order valence-corrected chi connectivity index (χ2v) is 3.32. The number of hydrogen-bond acceptors (Lipinski definition) is 4. The fourth-order valence-corrected chi connectivity index (χ4v) is 1.34. The first-order chi connectivity index (χ1) is 7.13. The van der Waals surface area contributed by atoms with E-state index in [4.69, 9.17) is 0 Å². The SMILES string of the molecule is CCNCCC(=O)N1CC(=O)NC(=O)C1. The number of amides is 3. The maximum atomic E-state index is 11.5. The first-order valence-electron chi connectivity index (χ1n) is 4.94. The van der Waals surface area contributed by atoms with E-state index >= 15 is 0 Å². The van der Waals surface area contributed by atoms with Gasteiger partial charge in [0, 0.05) is 13.0 Å². The average molecular weight is 213 g/mol. The number of piperazine rings is 1. The molecule has 0 saturated carbocycles. The van der Waals surface area contributed by atoms with E-state index in [9.17, 15) is 14.4 Å². The molecule has 0 atom stereocenters. The van der Waals surface area contributed by atoms with Crippen molar-refractivity contribution >= 4 is 17.7 Å². The van der Waals surface area contributed by atoms with Crippen LogP contribution in [-0.4, -0.2) is 48.8 Å². The third kappa shape index (κ3) is 3.67. The molecule has 1 saturated heterocycles. The van der Waals surface area contributed by atoms with Crippen molar-refractivity contribution in [2.24, 2.45) is 0 Å². The predicted octanol–water partition coefficient (Wildman–Crippen LogP) is -1.53. The summed E-state index contributed by atoms with van der Waals surface area (Å²) in [5.41, 5.74) is 0. The van der Waals surface area contributed by atoms with E-state index in [-0.39, 0.29) is 19.0 Å². The van der Waals surface area contributed by atoms with Gasteiger partial charge in [-0.1, -0.05) is 6.92 Å². The van der Waals surface area contributed by atoms with Crippen molar-refractivity contribution in [3.8, 4) is 0 Å². The predicted molar refractivity (Wildman–Crippen MR) is 52.9 cm³/mol. The number of carbonyl (C=O) groups excluding carboxylic acids is 3. The molecular weight excluding hydrogens is 198 g/mol. The quantitative estimate of drug-likeness (QED) is 0.439. The van der Waals surface area contributed by atoms with Crippen LogP contribution in [0.5, 0.6) is 0 Å². The lowest BCUT2D eigenvalue weighted by Crippen LogP contribution is -2.53. The highest BCUT2D eigenvalue weighted by molar-refractivity contribution is 6.02. The summed E-state index contributed by atoms with van der Waals surface area (Å²) in [6, 6.07) is 0. The summed E-state index contributed by atoms with van der Waals surface area (Å²) in [5.74, 6) is -0.995. The number of nitrogens with one attached hydrogen (secondary N) is 2. The molecule has 1 fully saturated rings. The molecule has 3 amide bonds. The van der Waals surface area contributed by atoms with Crippen LogP contribution >= 0.6 is 0 Å². The molecule has 0 aromatic heterocycles. The Morgan fingerprint density at radius 2 is 2.00 bits per heavy atom. The Labute approximate surface area is 88.0 Å². The van der Waals surface area contributed by atoms with Gasteiger partial charge in [0.2, 0.25) is 17.7 Å². The van der Waals surface area contributed by atoms with Crippen molar-refractivity contribution in [3.05, 3.63) is 0 Å². The lowest BCUT2D eigenvalue weighted by atomic mass is 10.3. The van der Waals surface area contributed by atoms with Crippen LogP contribution in [0.25, 0.3) is 0 Å². The van der Waals surface area contributed by atoms with E-state index in [1.165, 1.54) is 4.90 Å². The van der Waals surface area contributed by atoms with Crippen LogP contribution in [0.1, 0.15) is 13.3 Å². The molecular formula is C9H15N3O3. The van der Waals surface area contributed by atoms with Crippen molar-refractivity contribution in [2.45, 2.75) is 13.3 Å². The summed E-state index contributed by atoms with van der Waals surface area (Å²) in [6.07, 6.45) is 0.314. The molecule has 0 radical (unpaired) electrons. The monoisotopic (exact) mass is 213 g/mol. The van der Waals surface area contributed by atoms with Crippen LogP contribution < -0.4 is 10.6 Å². The summed E-state index contributed by atoms with van der Waals surface area (Å²) in [5, 5.41) is 5.15. The molecule has 0 unspecified atom stereocenters. The molecule has 1 aliphatic rings. The first-order valence-corrected chi connectivity index (χ1v) is 4.94. The minimum atomic E-state index is -0.414. The molecule has 2 N–H and O–H groups in total. The lowest BCUT2D eigenvalue weighted by molar-refractivity contribution is -0.145. The van der Waals surface area contributed by atoms with E-state index in [1.54, 1.807) is 0 Å². The zero-order valence-electron chi connectivity index (χ0n) is 8.71. The summed E-state index contributed by atoms with van der Waals surface area (Å²) in [7, 11) is 0. The molecule has 0 spiro atoms. The third-order valence-corrected chi connectivity index (χ3v) is 2.07. The Morgan fingerprint density at radius 1 is 1.40 bits per heavy atom. The highest BCUT2D eigenvalue weighted by Crippen LogP contribution is 1.98. The van der Waals surface area contributed by atoms with Crippen molar-refractivity contribution in [1.29, 1.82) is 0 Å². The maximum Gasteiger partial charge on any atom is 0.246 e. The second-order valence-electron chi connectivity index (χ2n) is 3.32. The van der Waals surface area contributed by atoms with Crippen molar-refractivity contribution in [3.63, 3.8) is 0 Å². The molecule has 1 aliphatic heterocycles. The number of rotatable bonds is 4. The molecule has 0 aromatic rings. The van der Waals surface area contributed by atoms with Crippen LogP contribution in [0.2, 0.25) is 0 Å². The van der Waals surface area contributed by atoms with E-state index in [2.05, 4.69) is 10.6 Å². The largest absolute Gasteiger partial charge is 0.324 e. The Balaban J connectivity index is 2.38. The summed E-state index contributed by atoms with van der Waals surface area (Å²) < 4.78 is 0. The molecule has 0 bridgehead atoms. The van der Waals surface area contributed by atoms with Crippen LogP contribution in [0.15, 0.2) is 0 Å². The second kappa shape index (κ2) is 5.45. The van der Waals surface area contributed by atoms with E-state index < -0.39 is 11.8 Å². The normalized spacial score (nSPS) is 16.5. The highest BCUT2D eigenvalue weighted by atomic mass is 16.2. The van der Waals surface area contributed by atoms with Crippen LogP contribution in [0, 0.1) is 0 Å². The van der Waals surface area contributed by atoms with Gasteiger partial charge in [-0.2, -0.15) is 0 Å². The third-order valence-electron chi connectivity index (χ3n) is 2.07. The highest BCUT2D eigenvalue weighted by Gasteiger charge is 2.25. The Bertz CT molecular complexity index is 262. The zero-order valence-corrected chi connectivity index (χ0v) is 8.71. The fourth-order valence-electron chi connectivity index (χ4n) is 1.34. The van der Waals surface area contributed by atoms with Gasteiger partial charge in [-0.25, -0.2) is 0 Å². The number of imide groups is 1. The Kier molecular flexibility index (Phi) is 4.23. The summed E-state index contributed by atoms with van der Waals surface area (Å²) in [6.45, 7) is 3.28. The number of hydrogen-bond donors (Lipinski definition) is 2. The van der Waals surface area contributed by atoms with E-state index in [1.807, 2.05) is 6.92 Å². The Morgan fingerprint density at radius 3 is 2.53 bits per heavy atom. The average Bonchev–Trinajstić information content (AvgIpc) is 2.16. The van der Waals surface area contributed by atoms with Gasteiger partial charge in [0.15, 0.2) is 0 Å².